The zero-order valence-corrected chi connectivity index (χ0v) is 54.0. The molecule has 0 radical (unpaired) electrons. The molecule has 4 rings (SSSR count). The summed E-state index contributed by atoms with van der Waals surface area (Å²) in [7, 11) is 3.23. The first kappa shape index (κ1) is 64.9. The summed E-state index contributed by atoms with van der Waals surface area (Å²) in [6.45, 7) is 51.4. The molecular formula is C60H94BBr3O8. The molecule has 0 unspecified atom stereocenters. The van der Waals surface area contributed by atoms with E-state index in [1.54, 1.807) is 21.1 Å². The van der Waals surface area contributed by atoms with E-state index in [-0.39, 0.29) is 70.5 Å². The summed E-state index contributed by atoms with van der Waals surface area (Å²) in [6.07, 6.45) is 0. The lowest BCUT2D eigenvalue weighted by Crippen LogP contribution is -2.20. The minimum atomic E-state index is -0.424. The molecule has 0 aliphatic rings. The topological polar surface area (TPSA) is 140 Å². The maximum Gasteiger partial charge on any atom is 0.369 e. The van der Waals surface area contributed by atoms with Gasteiger partial charge in [-0.25, -0.2) is 0 Å². The molecule has 0 saturated heterocycles. The highest BCUT2D eigenvalue weighted by molar-refractivity contribution is 9.69. The van der Waals surface area contributed by atoms with Crippen molar-refractivity contribution >= 4 is 50.5 Å². The monoisotopic (exact) mass is 1190 g/mol. The van der Waals surface area contributed by atoms with Gasteiger partial charge in [0.05, 0.1) is 36.5 Å². The summed E-state index contributed by atoms with van der Waals surface area (Å²) in [5, 5.41) is 69.1. The molecular weight excluding hydrogens is 1100 g/mol. The Bertz CT molecular complexity index is 2300. The van der Waals surface area contributed by atoms with E-state index in [0.29, 0.717) is 51.8 Å². The summed E-state index contributed by atoms with van der Waals surface area (Å²) in [6, 6.07) is 7.75. The molecule has 0 bridgehead atoms. The fourth-order valence-electron chi connectivity index (χ4n) is 8.54. The minimum absolute atomic E-state index is 0.0777. The van der Waals surface area contributed by atoms with Gasteiger partial charge >= 0.3 is 3.18 Å². The van der Waals surface area contributed by atoms with E-state index in [1.807, 2.05) is 107 Å². The van der Waals surface area contributed by atoms with Gasteiger partial charge in [-0.1, -0.05) is 180 Å². The molecule has 4 aromatic carbocycles. The van der Waals surface area contributed by atoms with Crippen molar-refractivity contribution < 1.29 is 41.5 Å². The van der Waals surface area contributed by atoms with Crippen molar-refractivity contribution in [1.82, 2.24) is 0 Å². The predicted octanol–water partition coefficient (Wildman–Crippen LogP) is 18.5. The van der Waals surface area contributed by atoms with Gasteiger partial charge < -0.3 is 40.1 Å². The Kier molecular flexibility index (Phi) is 21.0. The SMILES string of the molecule is BrB(Br)Br.CC(C)(C)c1cc(C(C)(C)C)c(O)c(-c2c(O)c(C(C)(C)C)cc(C(C)(C)C)c2O)c1O.COc1c(C(C)(C)C)cc(C(C)(C)C)c(O)c1-c1c(O)c(C(C)(C)C)cc(C(C)(C)C)c1OC.[2H]CC. The highest BCUT2D eigenvalue weighted by Gasteiger charge is 2.39. The smallest absolute Gasteiger partial charge is 0.369 e. The number of hydrogen-bond acceptors (Lipinski definition) is 8. The van der Waals surface area contributed by atoms with Gasteiger partial charge in [0.1, 0.15) is 46.0 Å². The third kappa shape index (κ3) is 15.4. The summed E-state index contributed by atoms with van der Waals surface area (Å²) in [5.74, 6) is 0.821. The molecule has 8 nitrogen and oxygen atoms in total. The molecule has 0 aliphatic heterocycles. The lowest BCUT2D eigenvalue weighted by molar-refractivity contribution is 0.378. The van der Waals surface area contributed by atoms with Crippen molar-refractivity contribution in [3.8, 4) is 68.2 Å². The van der Waals surface area contributed by atoms with E-state index in [2.05, 4.69) is 130 Å². The van der Waals surface area contributed by atoms with Crippen LogP contribution >= 0.6 is 47.3 Å². The largest absolute Gasteiger partial charge is 0.507 e. The van der Waals surface area contributed by atoms with Crippen molar-refractivity contribution in [3.05, 3.63) is 68.8 Å². The zero-order valence-electron chi connectivity index (χ0n) is 50.2. The summed E-state index contributed by atoms with van der Waals surface area (Å²) in [5.41, 5.74) is 4.35. The van der Waals surface area contributed by atoms with E-state index in [1.165, 1.54) is 0 Å². The summed E-state index contributed by atoms with van der Waals surface area (Å²) >= 11 is 9.31. The highest BCUT2D eigenvalue weighted by Crippen LogP contribution is 2.59. The molecule has 0 atom stereocenters. The number of rotatable bonds is 4. The molecule has 12 heteroatoms. The van der Waals surface area contributed by atoms with Crippen molar-refractivity contribution in [3.63, 3.8) is 0 Å². The van der Waals surface area contributed by atoms with Gasteiger partial charge in [0, 0.05) is 45.9 Å². The number of phenols is 6. The number of hydrogen-bond donors (Lipinski definition) is 6. The molecule has 0 aliphatic carbocycles. The molecule has 0 saturated carbocycles. The Labute approximate surface area is 463 Å². The first-order chi connectivity index (χ1) is 32.4. The third-order valence-electron chi connectivity index (χ3n) is 12.4. The van der Waals surface area contributed by atoms with Crippen LogP contribution in [0, 0.1) is 0 Å². The molecule has 0 amide bonds. The molecule has 0 heterocycles. The van der Waals surface area contributed by atoms with Crippen LogP contribution in [0.5, 0.6) is 46.0 Å². The van der Waals surface area contributed by atoms with Crippen molar-refractivity contribution in [2.45, 2.75) is 223 Å². The molecule has 406 valence electrons. The minimum Gasteiger partial charge on any atom is -0.507 e. The van der Waals surface area contributed by atoms with Crippen LogP contribution < -0.4 is 9.47 Å². The fraction of sp³-hybridized carbons (Fsp3) is 0.600. The van der Waals surface area contributed by atoms with E-state index in [0.717, 1.165) is 22.3 Å². The van der Waals surface area contributed by atoms with Crippen LogP contribution in [0.3, 0.4) is 0 Å². The number of phenolic OH excluding ortho intramolecular Hbond substituents is 6. The maximum absolute atomic E-state index is 11.8. The first-order valence-corrected chi connectivity index (χ1v) is 27.5. The van der Waals surface area contributed by atoms with Gasteiger partial charge in [0.15, 0.2) is 0 Å². The quantitative estimate of drug-likeness (QED) is 0.111. The van der Waals surface area contributed by atoms with Crippen LogP contribution in [0.25, 0.3) is 22.3 Å². The van der Waals surface area contributed by atoms with Crippen LogP contribution in [-0.4, -0.2) is 48.0 Å². The van der Waals surface area contributed by atoms with E-state index >= 15 is 0 Å². The van der Waals surface area contributed by atoms with Crippen LogP contribution in [0.2, 0.25) is 0 Å². The third-order valence-corrected chi connectivity index (χ3v) is 12.4. The number of benzene rings is 4. The van der Waals surface area contributed by atoms with Crippen LogP contribution in [0.1, 0.15) is 226 Å². The standard InChI is InChI=1S/C30H46O4.C28H42O4.C2H6.BBr3/c1-27(2,3)17-15-19(29(7,8)9)25(33-13)21(23(17)31)22-24(32)18(28(4,5)6)16-20(26(22)34-14)30(10,11)12;1-25(2,3)15-13-16(26(4,5)6)22(30)19(21(15)29)20-23(31)17(27(7,8)9)14-18(24(20)32)28(10,11)12;1-2;2-1(3)4/h15-16,31-32H,1-14H3;13-14,29-32H,1-12H3;1-2H3;/i;;1D;. The molecule has 0 aromatic heterocycles. The van der Waals surface area contributed by atoms with E-state index in [4.69, 9.17) is 10.8 Å². The second-order valence-corrected chi connectivity index (χ2v) is 33.2. The van der Waals surface area contributed by atoms with Crippen molar-refractivity contribution in [1.29, 1.82) is 0 Å². The Morgan fingerprint density at radius 3 is 0.583 bits per heavy atom. The number of halogens is 3. The van der Waals surface area contributed by atoms with Crippen molar-refractivity contribution in [2.24, 2.45) is 0 Å². The number of ether oxygens (including phenoxy) is 2. The first-order valence-electron chi connectivity index (χ1n) is 25.4. The van der Waals surface area contributed by atoms with E-state index in [9.17, 15) is 30.6 Å². The van der Waals surface area contributed by atoms with Gasteiger partial charge in [-0.2, -0.15) is 0 Å². The maximum atomic E-state index is 11.8. The van der Waals surface area contributed by atoms with Crippen molar-refractivity contribution in [2.75, 3.05) is 14.2 Å². The molecule has 0 fully saturated rings. The van der Waals surface area contributed by atoms with Crippen LogP contribution in [0.15, 0.2) is 24.3 Å². The van der Waals surface area contributed by atoms with Gasteiger partial charge in [0.25, 0.3) is 0 Å². The van der Waals surface area contributed by atoms with Gasteiger partial charge in [-0.05, 0) is 67.6 Å². The molecule has 6 N–H and O–H groups in total. The Morgan fingerprint density at radius 2 is 0.458 bits per heavy atom. The van der Waals surface area contributed by atoms with Gasteiger partial charge in [-0.3, -0.25) is 0 Å². The molecule has 0 spiro atoms. The second kappa shape index (κ2) is 23.4. The lowest BCUT2D eigenvalue weighted by Gasteiger charge is -2.33. The average Bonchev–Trinajstić information content (AvgIpc) is 3.15. The van der Waals surface area contributed by atoms with Gasteiger partial charge in [0.2, 0.25) is 0 Å². The summed E-state index contributed by atoms with van der Waals surface area (Å²) < 4.78 is 18.4. The van der Waals surface area contributed by atoms with E-state index < -0.39 is 21.7 Å². The molecule has 4 aromatic rings. The average molecular weight is 1190 g/mol. The lowest BCUT2D eigenvalue weighted by atomic mass is 9.74. The summed E-state index contributed by atoms with van der Waals surface area (Å²) in [4.78, 5) is 0. The Hall–Kier alpha value is -3.22. The second-order valence-electron chi connectivity index (χ2n) is 26.8. The highest BCUT2D eigenvalue weighted by atomic mass is 79.9. The van der Waals surface area contributed by atoms with Crippen LogP contribution in [-0.2, 0) is 43.3 Å². The normalized spacial score (nSPS) is 12.9. The molecule has 72 heavy (non-hydrogen) atoms. The van der Waals surface area contributed by atoms with Crippen LogP contribution in [0.4, 0.5) is 0 Å². The Morgan fingerprint density at radius 1 is 0.333 bits per heavy atom. The zero-order chi connectivity index (χ0) is 58.1. The van der Waals surface area contributed by atoms with Gasteiger partial charge in [-0.15, -0.1) is 47.3 Å². The fourth-order valence-corrected chi connectivity index (χ4v) is 8.54. The number of aromatic hydroxyl groups is 6. The predicted molar refractivity (Wildman–Crippen MR) is 320 cm³/mol. The number of methoxy groups -OCH3 is 2. The Balaban J connectivity index is 0.000000648.